The molecule has 1 fully saturated rings. The number of benzene rings is 2. The van der Waals surface area contributed by atoms with Crippen LogP contribution in [0.5, 0.6) is 0 Å². The Morgan fingerprint density at radius 1 is 1.13 bits per heavy atom. The van der Waals surface area contributed by atoms with Crippen molar-refractivity contribution in [2.24, 2.45) is 4.99 Å². The summed E-state index contributed by atoms with van der Waals surface area (Å²) in [5, 5.41) is 6.80. The Kier molecular flexibility index (Phi) is 9.95. The second kappa shape index (κ2) is 12.2. The molecule has 3 rings (SSSR count). The maximum atomic E-state index is 14.0. The molecule has 2 N–H and O–H groups in total. The molecule has 0 atom stereocenters. The minimum absolute atomic E-state index is 0. The van der Waals surface area contributed by atoms with Crippen molar-refractivity contribution >= 4 is 35.6 Å². The third-order valence-corrected chi connectivity index (χ3v) is 5.29. The summed E-state index contributed by atoms with van der Waals surface area (Å²) >= 11 is 0. The topological polar surface area (TPSA) is 42.9 Å². The van der Waals surface area contributed by atoms with Gasteiger partial charge >= 0.3 is 0 Å². The fourth-order valence-corrected chi connectivity index (χ4v) is 3.73. The number of hydrogen-bond acceptors (Lipinski definition) is 3. The molecule has 8 heteroatoms. The summed E-state index contributed by atoms with van der Waals surface area (Å²) in [5.74, 6) is 0.351. The quantitative estimate of drug-likeness (QED) is 0.329. The number of piperidine rings is 1. The number of hydrogen-bond donors (Lipinski definition) is 2. The van der Waals surface area contributed by atoms with Crippen LogP contribution in [0.25, 0.3) is 0 Å². The molecule has 0 radical (unpaired) electrons. The maximum Gasteiger partial charge on any atom is 0.191 e. The van der Waals surface area contributed by atoms with Gasteiger partial charge in [-0.25, -0.2) is 8.78 Å². The summed E-state index contributed by atoms with van der Waals surface area (Å²) in [4.78, 5) is 8.48. The van der Waals surface area contributed by atoms with Crippen molar-refractivity contribution in [2.45, 2.75) is 32.0 Å². The van der Waals surface area contributed by atoms with Crippen LogP contribution in [0.1, 0.15) is 24.0 Å². The van der Waals surface area contributed by atoms with E-state index in [1.165, 1.54) is 12.1 Å². The van der Waals surface area contributed by atoms with Crippen LogP contribution in [0.15, 0.2) is 47.5 Å². The Morgan fingerprint density at radius 2 is 1.87 bits per heavy atom. The van der Waals surface area contributed by atoms with Crippen LogP contribution in [0.3, 0.4) is 0 Å². The lowest BCUT2D eigenvalue weighted by molar-refractivity contribution is 0.392. The smallest absolute Gasteiger partial charge is 0.191 e. The first-order chi connectivity index (χ1) is 14.4. The largest absolute Gasteiger partial charge is 0.371 e. The first kappa shape index (κ1) is 25.3. The SMILES string of the molecule is CN=C(NCc1ccc(F)c(CN(C)C)c1)NC1CCN(c2cccc(F)c2)CC1.I. The molecule has 31 heavy (non-hydrogen) atoms. The first-order valence-corrected chi connectivity index (χ1v) is 10.3. The molecule has 0 amide bonds. The van der Waals surface area contributed by atoms with Gasteiger partial charge in [-0.2, -0.15) is 0 Å². The number of anilines is 1. The van der Waals surface area contributed by atoms with Gasteiger partial charge in [0.1, 0.15) is 11.6 Å². The lowest BCUT2D eigenvalue weighted by Crippen LogP contribution is -2.48. The van der Waals surface area contributed by atoms with Gasteiger partial charge in [-0.05, 0) is 62.8 Å². The van der Waals surface area contributed by atoms with Crippen molar-refractivity contribution in [3.05, 3.63) is 65.2 Å². The highest BCUT2D eigenvalue weighted by Gasteiger charge is 2.20. The van der Waals surface area contributed by atoms with Crippen LogP contribution in [0.2, 0.25) is 0 Å². The van der Waals surface area contributed by atoms with Crippen LogP contribution < -0.4 is 15.5 Å². The van der Waals surface area contributed by atoms with Crippen molar-refractivity contribution < 1.29 is 8.78 Å². The van der Waals surface area contributed by atoms with E-state index in [4.69, 9.17) is 0 Å². The van der Waals surface area contributed by atoms with E-state index in [1.54, 1.807) is 25.2 Å². The average Bonchev–Trinajstić information content (AvgIpc) is 2.73. The summed E-state index contributed by atoms with van der Waals surface area (Å²) in [6.45, 7) is 2.87. The van der Waals surface area contributed by atoms with E-state index in [0.717, 1.165) is 43.1 Å². The summed E-state index contributed by atoms with van der Waals surface area (Å²) < 4.78 is 27.4. The molecule has 1 aliphatic rings. The van der Waals surface area contributed by atoms with Gasteiger partial charge in [0.05, 0.1) is 0 Å². The number of aliphatic imine (C=N–C) groups is 1. The highest BCUT2D eigenvalue weighted by molar-refractivity contribution is 14.0. The Bertz CT molecular complexity index is 867. The minimum atomic E-state index is -0.202. The standard InChI is InChI=1S/C23H31F2N5.HI/c1-26-23(27-15-17-7-8-22(25)18(13-17)16-29(2)3)28-20-9-11-30(12-10-20)21-6-4-5-19(24)14-21;/h4-8,13-14,20H,9-12,15-16H2,1-3H3,(H2,26,27,28);1H. The van der Waals surface area contributed by atoms with Crippen LogP contribution in [-0.2, 0) is 13.1 Å². The number of rotatable bonds is 6. The van der Waals surface area contributed by atoms with Gasteiger partial charge in [0.2, 0.25) is 0 Å². The van der Waals surface area contributed by atoms with Crippen molar-refractivity contribution in [3.63, 3.8) is 0 Å². The van der Waals surface area contributed by atoms with Gasteiger partial charge in [-0.15, -0.1) is 24.0 Å². The van der Waals surface area contributed by atoms with E-state index in [1.807, 2.05) is 31.1 Å². The number of nitrogens with one attached hydrogen (secondary N) is 2. The fourth-order valence-electron chi connectivity index (χ4n) is 3.73. The molecule has 5 nitrogen and oxygen atoms in total. The van der Waals surface area contributed by atoms with Crippen molar-refractivity contribution in [1.82, 2.24) is 15.5 Å². The number of halogens is 3. The van der Waals surface area contributed by atoms with Crippen LogP contribution in [-0.4, -0.2) is 51.1 Å². The zero-order valence-electron chi connectivity index (χ0n) is 18.4. The lowest BCUT2D eigenvalue weighted by atomic mass is 10.0. The first-order valence-electron chi connectivity index (χ1n) is 10.3. The molecule has 0 unspecified atom stereocenters. The molecular formula is C23H32F2IN5. The predicted molar refractivity (Wildman–Crippen MR) is 134 cm³/mol. The molecule has 0 spiro atoms. The number of nitrogens with zero attached hydrogens (tertiary/aromatic N) is 3. The minimum Gasteiger partial charge on any atom is -0.371 e. The Balaban J connectivity index is 0.00000341. The van der Waals surface area contributed by atoms with Crippen molar-refractivity contribution in [3.8, 4) is 0 Å². The molecule has 0 bridgehead atoms. The van der Waals surface area contributed by atoms with E-state index in [2.05, 4.69) is 20.5 Å². The Labute approximate surface area is 200 Å². The maximum absolute atomic E-state index is 14.0. The molecule has 2 aromatic carbocycles. The number of guanidine groups is 1. The monoisotopic (exact) mass is 543 g/mol. The zero-order chi connectivity index (χ0) is 21.5. The normalized spacial score (nSPS) is 15.0. The third-order valence-electron chi connectivity index (χ3n) is 5.29. The predicted octanol–water partition coefficient (Wildman–Crippen LogP) is 3.98. The van der Waals surface area contributed by atoms with Crippen LogP contribution in [0, 0.1) is 11.6 Å². The second-order valence-corrected chi connectivity index (χ2v) is 7.97. The summed E-state index contributed by atoms with van der Waals surface area (Å²) in [7, 11) is 5.60. The average molecular weight is 543 g/mol. The molecule has 170 valence electrons. The van der Waals surface area contributed by atoms with E-state index in [9.17, 15) is 8.78 Å². The van der Waals surface area contributed by atoms with E-state index < -0.39 is 0 Å². The zero-order valence-corrected chi connectivity index (χ0v) is 20.7. The molecule has 0 saturated carbocycles. The van der Waals surface area contributed by atoms with Gasteiger partial charge in [0.15, 0.2) is 5.96 Å². The summed E-state index contributed by atoms with van der Waals surface area (Å²) in [5.41, 5.74) is 2.63. The fraction of sp³-hybridized carbons (Fsp3) is 0.435. The lowest BCUT2D eigenvalue weighted by Gasteiger charge is -2.34. The van der Waals surface area contributed by atoms with E-state index in [-0.39, 0.29) is 35.6 Å². The van der Waals surface area contributed by atoms with E-state index in [0.29, 0.717) is 24.7 Å². The van der Waals surface area contributed by atoms with Gasteiger partial charge in [-0.3, -0.25) is 4.99 Å². The highest BCUT2D eigenvalue weighted by atomic mass is 127. The van der Waals surface area contributed by atoms with Crippen LogP contribution in [0.4, 0.5) is 14.5 Å². The molecule has 1 aliphatic heterocycles. The highest BCUT2D eigenvalue weighted by Crippen LogP contribution is 2.20. The second-order valence-electron chi connectivity index (χ2n) is 7.97. The summed E-state index contributed by atoms with van der Waals surface area (Å²) in [6.07, 6.45) is 1.89. The molecule has 0 aromatic heterocycles. The van der Waals surface area contributed by atoms with Gasteiger partial charge in [0, 0.05) is 50.5 Å². The molecule has 2 aromatic rings. The van der Waals surface area contributed by atoms with Gasteiger partial charge in [0.25, 0.3) is 0 Å². The molecular weight excluding hydrogens is 511 g/mol. The Hall–Kier alpha value is -1.94. The van der Waals surface area contributed by atoms with Crippen molar-refractivity contribution in [2.75, 3.05) is 39.1 Å². The van der Waals surface area contributed by atoms with Gasteiger partial charge in [-0.1, -0.05) is 12.1 Å². The Morgan fingerprint density at radius 3 is 2.52 bits per heavy atom. The van der Waals surface area contributed by atoms with Gasteiger partial charge < -0.3 is 20.4 Å². The molecule has 1 saturated heterocycles. The third kappa shape index (κ3) is 7.60. The van der Waals surface area contributed by atoms with Crippen molar-refractivity contribution in [1.29, 1.82) is 0 Å². The van der Waals surface area contributed by atoms with E-state index >= 15 is 0 Å². The summed E-state index contributed by atoms with van der Waals surface area (Å²) in [6, 6.07) is 12.3. The van der Waals surface area contributed by atoms with Crippen LogP contribution >= 0.6 is 24.0 Å². The molecule has 0 aliphatic carbocycles. The molecule has 1 heterocycles.